The molecule has 1 heterocycles. The molecule has 134 valence electrons. The Morgan fingerprint density at radius 1 is 1.28 bits per heavy atom. The maximum Gasteiger partial charge on any atom is 0.341 e. The number of nitrogens with one attached hydrogen (secondary N) is 1. The molecule has 2 aromatic rings. The van der Waals surface area contributed by atoms with E-state index in [2.05, 4.69) is 5.32 Å². The Labute approximate surface area is 164 Å². The van der Waals surface area contributed by atoms with Crippen LogP contribution < -0.4 is 5.32 Å². The number of benzene rings is 1. The van der Waals surface area contributed by atoms with Crippen LogP contribution in [0.4, 0.5) is 5.00 Å². The van der Waals surface area contributed by atoms with E-state index >= 15 is 0 Å². The molecule has 1 amide bonds. The highest BCUT2D eigenvalue weighted by atomic mass is 35.5. The molecule has 0 unspecified atom stereocenters. The molecule has 4 nitrogen and oxygen atoms in total. The van der Waals surface area contributed by atoms with Gasteiger partial charge in [-0.05, 0) is 44.5 Å². The summed E-state index contributed by atoms with van der Waals surface area (Å²) in [5.41, 5.74) is 1.24. The van der Waals surface area contributed by atoms with E-state index in [9.17, 15) is 9.59 Å². The Morgan fingerprint density at radius 2 is 2.00 bits per heavy atom. The molecule has 0 atom stereocenters. The molecular weight excluding hydrogens is 401 g/mol. The number of ether oxygens (including phenoxy) is 1. The smallest absolute Gasteiger partial charge is 0.341 e. The zero-order chi connectivity index (χ0) is 18.6. The van der Waals surface area contributed by atoms with Crippen LogP contribution in [0.3, 0.4) is 0 Å². The van der Waals surface area contributed by atoms with Crippen molar-refractivity contribution in [1.82, 2.24) is 0 Å². The molecule has 1 N–H and O–H groups in total. The van der Waals surface area contributed by atoms with Gasteiger partial charge >= 0.3 is 5.97 Å². The lowest BCUT2D eigenvalue weighted by molar-refractivity contribution is -0.113. The number of carbonyl (C=O) groups is 2. The first-order valence-corrected chi connectivity index (χ1v) is 10.0. The summed E-state index contributed by atoms with van der Waals surface area (Å²) in [6, 6.07) is 5.09. The number of aryl methyl sites for hydroxylation is 1. The first kappa shape index (κ1) is 20.1. The van der Waals surface area contributed by atoms with Crippen LogP contribution in [-0.2, 0) is 9.53 Å². The summed E-state index contributed by atoms with van der Waals surface area (Å²) in [6.45, 7) is 5.77. The molecule has 0 aliphatic carbocycles. The number of thioether (sulfide) groups is 1. The summed E-state index contributed by atoms with van der Waals surface area (Å²) in [4.78, 5) is 26.1. The summed E-state index contributed by atoms with van der Waals surface area (Å²) in [7, 11) is 0. The standard InChI is InChI=1S/C17H17Cl2NO3S2/c1-4-23-17(22)15-9(2)10(3)25-16(15)20-14(21)8-24-13-7-11(18)5-6-12(13)19/h5-7H,4,8H2,1-3H3,(H,20,21). The van der Waals surface area contributed by atoms with E-state index in [-0.39, 0.29) is 18.3 Å². The van der Waals surface area contributed by atoms with Gasteiger partial charge in [0.15, 0.2) is 0 Å². The molecule has 1 aromatic heterocycles. The van der Waals surface area contributed by atoms with E-state index < -0.39 is 5.97 Å². The Kier molecular flexibility index (Phi) is 7.19. The first-order valence-electron chi connectivity index (χ1n) is 7.48. The maximum absolute atomic E-state index is 12.3. The number of hydrogen-bond donors (Lipinski definition) is 1. The normalized spacial score (nSPS) is 10.6. The summed E-state index contributed by atoms with van der Waals surface area (Å²) in [5, 5.41) is 4.40. The highest BCUT2D eigenvalue weighted by Crippen LogP contribution is 2.34. The summed E-state index contributed by atoms with van der Waals surface area (Å²) < 4.78 is 5.08. The van der Waals surface area contributed by atoms with Crippen molar-refractivity contribution in [3.8, 4) is 0 Å². The van der Waals surface area contributed by atoms with E-state index in [4.69, 9.17) is 27.9 Å². The lowest BCUT2D eigenvalue weighted by atomic mass is 10.1. The van der Waals surface area contributed by atoms with Crippen molar-refractivity contribution < 1.29 is 14.3 Å². The fourth-order valence-electron chi connectivity index (χ4n) is 2.06. The second kappa shape index (κ2) is 8.94. The lowest BCUT2D eigenvalue weighted by Gasteiger charge is -2.08. The first-order chi connectivity index (χ1) is 11.8. The quantitative estimate of drug-likeness (QED) is 0.492. The van der Waals surface area contributed by atoms with E-state index in [0.29, 0.717) is 20.6 Å². The van der Waals surface area contributed by atoms with Gasteiger partial charge in [0.05, 0.1) is 22.9 Å². The third-order valence-corrected chi connectivity index (χ3v) is 6.22. The highest BCUT2D eigenvalue weighted by molar-refractivity contribution is 8.00. The molecule has 2 rings (SSSR count). The van der Waals surface area contributed by atoms with E-state index in [0.717, 1.165) is 15.3 Å². The topological polar surface area (TPSA) is 55.4 Å². The number of halogens is 2. The summed E-state index contributed by atoms with van der Waals surface area (Å²) in [5.74, 6) is -0.503. The predicted molar refractivity (Wildman–Crippen MR) is 106 cm³/mol. The van der Waals surface area contributed by atoms with Gasteiger partial charge in [0.1, 0.15) is 5.00 Å². The Balaban J connectivity index is 2.09. The number of rotatable bonds is 6. The minimum absolute atomic E-state index is 0.151. The molecule has 0 radical (unpaired) electrons. The molecular formula is C17H17Cl2NO3S2. The molecule has 1 aromatic carbocycles. The highest BCUT2D eigenvalue weighted by Gasteiger charge is 2.22. The van der Waals surface area contributed by atoms with Gasteiger partial charge in [-0.25, -0.2) is 4.79 Å². The van der Waals surface area contributed by atoms with Crippen molar-refractivity contribution in [1.29, 1.82) is 0 Å². The van der Waals surface area contributed by atoms with Gasteiger partial charge in [-0.1, -0.05) is 23.2 Å². The average molecular weight is 418 g/mol. The minimum atomic E-state index is -0.426. The van der Waals surface area contributed by atoms with Gasteiger partial charge < -0.3 is 10.1 Å². The SMILES string of the molecule is CCOC(=O)c1c(NC(=O)CSc2cc(Cl)ccc2Cl)sc(C)c1C. The Morgan fingerprint density at radius 3 is 2.68 bits per heavy atom. The molecule has 0 aliphatic rings. The monoisotopic (exact) mass is 417 g/mol. The molecule has 0 aliphatic heterocycles. The predicted octanol–water partition coefficient (Wildman–Crippen LogP) is 5.58. The molecule has 8 heteroatoms. The van der Waals surface area contributed by atoms with Gasteiger partial charge in [0.25, 0.3) is 0 Å². The van der Waals surface area contributed by atoms with Crippen molar-refractivity contribution in [3.05, 3.63) is 44.2 Å². The van der Waals surface area contributed by atoms with Crippen LogP contribution in [0.25, 0.3) is 0 Å². The van der Waals surface area contributed by atoms with Crippen molar-refractivity contribution in [2.75, 3.05) is 17.7 Å². The zero-order valence-corrected chi connectivity index (χ0v) is 17.1. The van der Waals surface area contributed by atoms with Crippen molar-refractivity contribution in [2.24, 2.45) is 0 Å². The molecule has 0 saturated heterocycles. The average Bonchev–Trinajstić information content (AvgIpc) is 2.82. The van der Waals surface area contributed by atoms with Crippen molar-refractivity contribution in [2.45, 2.75) is 25.7 Å². The van der Waals surface area contributed by atoms with Gasteiger partial charge in [-0.15, -0.1) is 23.1 Å². The third-order valence-electron chi connectivity index (χ3n) is 3.37. The van der Waals surface area contributed by atoms with Gasteiger partial charge in [-0.3, -0.25) is 4.79 Å². The largest absolute Gasteiger partial charge is 0.462 e. The number of esters is 1. The minimum Gasteiger partial charge on any atom is -0.462 e. The van der Waals surface area contributed by atoms with Crippen molar-refractivity contribution in [3.63, 3.8) is 0 Å². The maximum atomic E-state index is 12.3. The van der Waals surface area contributed by atoms with Crippen LogP contribution in [0.5, 0.6) is 0 Å². The number of hydrogen-bond acceptors (Lipinski definition) is 5. The van der Waals surface area contributed by atoms with Crippen molar-refractivity contribution >= 4 is 63.2 Å². The zero-order valence-electron chi connectivity index (χ0n) is 13.9. The second-order valence-electron chi connectivity index (χ2n) is 5.12. The van der Waals surface area contributed by atoms with Gasteiger partial charge in [0, 0.05) is 14.8 Å². The molecule has 0 bridgehead atoms. The number of amides is 1. The molecule has 0 fully saturated rings. The molecule has 0 spiro atoms. The fraction of sp³-hybridized carbons (Fsp3) is 0.294. The van der Waals surface area contributed by atoms with Crippen LogP contribution in [0.1, 0.15) is 27.7 Å². The van der Waals surface area contributed by atoms with Crippen LogP contribution in [0, 0.1) is 13.8 Å². The number of carbonyl (C=O) groups excluding carboxylic acids is 2. The van der Waals surface area contributed by atoms with E-state index in [1.165, 1.54) is 23.1 Å². The molecule has 25 heavy (non-hydrogen) atoms. The van der Waals surface area contributed by atoms with Crippen LogP contribution in [0.2, 0.25) is 10.0 Å². The number of thiophene rings is 1. The lowest BCUT2D eigenvalue weighted by Crippen LogP contribution is -2.16. The summed E-state index contributed by atoms with van der Waals surface area (Å²) >= 11 is 14.7. The van der Waals surface area contributed by atoms with Gasteiger partial charge in [-0.2, -0.15) is 0 Å². The van der Waals surface area contributed by atoms with E-state index in [1.807, 2.05) is 13.8 Å². The number of anilines is 1. The van der Waals surface area contributed by atoms with E-state index in [1.54, 1.807) is 25.1 Å². The second-order valence-corrected chi connectivity index (χ2v) is 8.20. The Bertz CT molecular complexity index is 805. The van der Waals surface area contributed by atoms with Crippen LogP contribution in [-0.4, -0.2) is 24.2 Å². The van der Waals surface area contributed by atoms with Gasteiger partial charge in [0.2, 0.25) is 5.91 Å². The summed E-state index contributed by atoms with van der Waals surface area (Å²) in [6.07, 6.45) is 0. The third kappa shape index (κ3) is 5.14. The van der Waals surface area contributed by atoms with Crippen LogP contribution >= 0.6 is 46.3 Å². The fourth-order valence-corrected chi connectivity index (χ4v) is 4.42. The Hall–Kier alpha value is -1.21. The van der Waals surface area contributed by atoms with Crippen LogP contribution in [0.15, 0.2) is 23.1 Å². The molecule has 0 saturated carbocycles.